The van der Waals surface area contributed by atoms with Crippen molar-refractivity contribution in [2.75, 3.05) is 35.2 Å². The maximum Gasteiger partial charge on any atom is 0.294 e. The molecule has 70 heavy (non-hydrogen) atoms. The minimum atomic E-state index is -4.61. The van der Waals surface area contributed by atoms with Crippen molar-refractivity contribution in [1.82, 2.24) is 4.57 Å². The molecule has 0 atom stereocenters. The first-order chi connectivity index (χ1) is 32.8. The molecule has 21 nitrogen and oxygen atoms in total. The smallest absolute Gasteiger partial charge is 0.294 e. The van der Waals surface area contributed by atoms with E-state index in [1.54, 1.807) is 53.5 Å². The summed E-state index contributed by atoms with van der Waals surface area (Å²) in [5.41, 5.74) is 2.89. The normalized spacial score (nSPS) is 17.9. The zero-order valence-electron chi connectivity index (χ0n) is 38.3. The maximum absolute atomic E-state index is 13.7. The molecule has 0 bridgehead atoms. The Morgan fingerprint density at radius 3 is 2.20 bits per heavy atom. The van der Waals surface area contributed by atoms with Crippen LogP contribution in [0.5, 0.6) is 5.88 Å². The van der Waals surface area contributed by atoms with Gasteiger partial charge >= 0.3 is 0 Å². The van der Waals surface area contributed by atoms with Gasteiger partial charge in [0.05, 0.1) is 33.9 Å². The van der Waals surface area contributed by atoms with E-state index in [2.05, 4.69) is 18.7 Å². The molecule has 6 rings (SSSR count). The minimum Gasteiger partial charge on any atom is -0.494 e. The molecule has 3 heterocycles. The third-order valence-corrected chi connectivity index (χ3v) is 15.9. The highest BCUT2D eigenvalue weighted by molar-refractivity contribution is 7.94. The lowest BCUT2D eigenvalue weighted by molar-refractivity contribution is -0.438. The number of rotatable bonds is 21. The van der Waals surface area contributed by atoms with Gasteiger partial charge in [0.15, 0.2) is 5.71 Å². The summed E-state index contributed by atoms with van der Waals surface area (Å²) in [5, 5.41) is 47.4. The van der Waals surface area contributed by atoms with Gasteiger partial charge in [-0.2, -0.15) is 35.1 Å². The van der Waals surface area contributed by atoms with Gasteiger partial charge in [-0.15, -0.1) is 8.67 Å². The molecule has 6 N–H and O–H groups in total. The summed E-state index contributed by atoms with van der Waals surface area (Å²) >= 11 is 1.36. The fraction of sp³-hybridized carbons (Fsp3) is 0.386. The van der Waals surface area contributed by atoms with Crippen LogP contribution in [-0.2, 0) is 66.5 Å². The number of aromatic nitrogens is 1. The molecule has 0 spiro atoms. The zero-order chi connectivity index (χ0) is 51.6. The number of hydrogen-bond acceptors (Lipinski definition) is 18. The third-order valence-electron chi connectivity index (χ3n) is 12.5. The van der Waals surface area contributed by atoms with E-state index in [4.69, 9.17) is 10.5 Å². The number of pyridine rings is 1. The fourth-order valence-corrected chi connectivity index (χ4v) is 11.5. The van der Waals surface area contributed by atoms with E-state index in [9.17, 15) is 54.1 Å². The molecule has 1 aromatic heterocycles. The van der Waals surface area contributed by atoms with Gasteiger partial charge in [0.2, 0.25) is 11.6 Å². The van der Waals surface area contributed by atoms with Crippen LogP contribution in [0, 0.1) is 18.3 Å². The van der Waals surface area contributed by atoms with Gasteiger partial charge in [-0.05, 0) is 104 Å². The molecular weight excluding hydrogens is 1020 g/mol. The Hall–Kier alpha value is -4.70. The molecule has 378 valence electrons. The summed E-state index contributed by atoms with van der Waals surface area (Å²) < 4.78 is 113. The molecule has 0 radical (unpaired) electrons. The lowest BCUT2D eigenvalue weighted by Gasteiger charge is -2.27. The quantitative estimate of drug-likeness (QED) is 0.0159. The Morgan fingerprint density at radius 2 is 1.56 bits per heavy atom. The molecule has 3 aromatic rings. The van der Waals surface area contributed by atoms with E-state index in [1.165, 1.54) is 19.1 Å². The standard InChI is InChI=1S/C44H50N4O17S5/c1-27-32(26-45)41(49)48(19-21-66-64-62-51)42(50)39(27)40-28(10-16-37-44(4,5)34-25-31(70(59,60)61)13-15-36(34)46(37)18-6-7-22-68(53,54)55)8-9-29(40)11-17-38-43(2,3)33-24-30(67-65-63-52)12-14-35(33)47(38)20-23-69(56,57)58/h10-17,24-25H,6-9,18-23H2,1-5H3,(H5,51,52,53,54,55,56,57,58,59,60,61)/p+1. The largest absolute Gasteiger partial charge is 0.494 e. The zero-order valence-corrected chi connectivity index (χ0v) is 42.4. The van der Waals surface area contributed by atoms with Crippen molar-refractivity contribution in [3.05, 3.63) is 116 Å². The van der Waals surface area contributed by atoms with E-state index in [-0.39, 0.29) is 59.8 Å². The molecule has 2 aromatic carbocycles. The second-order valence-corrected chi connectivity index (χ2v) is 23.6. The lowest BCUT2D eigenvalue weighted by Crippen LogP contribution is -2.30. The van der Waals surface area contributed by atoms with Crippen molar-refractivity contribution < 1.29 is 77.9 Å². The fourth-order valence-electron chi connectivity index (χ4n) is 9.20. The van der Waals surface area contributed by atoms with Gasteiger partial charge in [-0.1, -0.05) is 36.1 Å². The van der Waals surface area contributed by atoms with Gasteiger partial charge < -0.3 is 10.0 Å². The number of hydrogen-bond donors (Lipinski definition) is 6. The van der Waals surface area contributed by atoms with Gasteiger partial charge in [-0.3, -0.25) is 23.0 Å². The number of allylic oxidation sites excluding steroid dienone is 8. The van der Waals surface area contributed by atoms with Crippen molar-refractivity contribution in [2.45, 2.75) is 87.5 Å². The number of unbranched alkanes of at least 4 members (excludes halogenated alkanes) is 1. The summed E-state index contributed by atoms with van der Waals surface area (Å²) in [4.78, 5) is 15.7. The van der Waals surface area contributed by atoms with Crippen LogP contribution in [-0.4, -0.2) is 99.7 Å². The molecule has 1 aliphatic carbocycles. The first-order valence-corrected chi connectivity index (χ1v) is 27.6. The molecule has 0 saturated heterocycles. The van der Waals surface area contributed by atoms with E-state index < -0.39 is 64.1 Å². The van der Waals surface area contributed by atoms with Crippen molar-refractivity contribution in [3.63, 3.8) is 0 Å². The van der Waals surface area contributed by atoms with Crippen LogP contribution in [0.3, 0.4) is 0 Å². The monoisotopic (exact) mass is 1070 g/mol. The Labute approximate surface area is 413 Å². The predicted molar refractivity (Wildman–Crippen MR) is 259 cm³/mol. The minimum absolute atomic E-state index is 0.0241. The summed E-state index contributed by atoms with van der Waals surface area (Å²) in [5.74, 6) is -1.63. The Balaban J connectivity index is 1.59. The van der Waals surface area contributed by atoms with Crippen LogP contribution in [0.25, 0.3) is 5.57 Å². The SMILES string of the molecule is Cc1c(C2=C(C=CC3=[N+](CCCCS(=O)(=O)O)c4ccc(S(=O)(=O)O)cc4C3(C)C)CCC2=CC=C2N(CCS(=O)(=O)O)c3ccc(SOOO)cc3C2(C)C)c(O)n(CCSOOO)c(=O)c1C#N. The molecular formula is C44H51N4O17S5+. The van der Waals surface area contributed by atoms with Crippen molar-refractivity contribution in [1.29, 1.82) is 5.26 Å². The second kappa shape index (κ2) is 21.6. The predicted octanol–water partition coefficient (Wildman–Crippen LogP) is 6.82. The average molecular weight is 1070 g/mol. The Kier molecular flexibility index (Phi) is 16.8. The van der Waals surface area contributed by atoms with Gasteiger partial charge in [0.25, 0.3) is 35.9 Å². The van der Waals surface area contributed by atoms with Crippen LogP contribution in [0.2, 0.25) is 0 Å². The number of anilines is 1. The van der Waals surface area contributed by atoms with E-state index >= 15 is 0 Å². The number of nitriles is 1. The highest BCUT2D eigenvalue weighted by Crippen LogP contribution is 2.50. The van der Waals surface area contributed by atoms with E-state index in [0.717, 1.165) is 22.2 Å². The van der Waals surface area contributed by atoms with Crippen LogP contribution in [0.1, 0.15) is 81.2 Å². The molecule has 2 aliphatic heterocycles. The van der Waals surface area contributed by atoms with Crippen molar-refractivity contribution >= 4 is 77.1 Å². The summed E-state index contributed by atoms with van der Waals surface area (Å²) in [6.07, 6.45) is 8.24. The molecule has 26 heteroatoms. The number of nitrogens with zero attached hydrogens (tertiary/aromatic N) is 4. The number of aromatic hydroxyl groups is 1. The highest BCUT2D eigenvalue weighted by atomic mass is 32.2. The first-order valence-electron chi connectivity index (χ1n) is 21.3. The lowest BCUT2D eigenvalue weighted by atomic mass is 9.81. The van der Waals surface area contributed by atoms with Crippen LogP contribution >= 0.6 is 24.1 Å². The van der Waals surface area contributed by atoms with Crippen molar-refractivity contribution in [2.24, 2.45) is 0 Å². The molecule has 3 aliphatic rings. The Bertz CT molecular complexity index is 3190. The third kappa shape index (κ3) is 11.8. The first kappa shape index (κ1) is 54.6. The maximum atomic E-state index is 13.7. The average Bonchev–Trinajstić information content (AvgIpc) is 3.84. The van der Waals surface area contributed by atoms with Crippen molar-refractivity contribution in [3.8, 4) is 11.9 Å². The second-order valence-electron chi connectivity index (χ2n) is 17.5. The molecule has 0 unspecified atom stereocenters. The molecule has 0 saturated carbocycles. The van der Waals surface area contributed by atoms with Crippen LogP contribution in [0.4, 0.5) is 11.4 Å². The topological polar surface area (TPSA) is 313 Å². The highest BCUT2D eigenvalue weighted by Gasteiger charge is 2.45. The van der Waals surface area contributed by atoms with Gasteiger partial charge in [0, 0.05) is 82.3 Å². The summed E-state index contributed by atoms with van der Waals surface area (Å²) in [7, 11) is -13.3. The van der Waals surface area contributed by atoms with Gasteiger partial charge in [-0.25, -0.2) is 10.5 Å². The van der Waals surface area contributed by atoms with Crippen LogP contribution < -0.4 is 10.5 Å². The number of benzene rings is 2. The van der Waals surface area contributed by atoms with Gasteiger partial charge in [0.1, 0.15) is 18.2 Å². The summed E-state index contributed by atoms with van der Waals surface area (Å²) in [6, 6.07) is 11.3. The molecule has 0 amide bonds. The molecule has 0 fully saturated rings. The summed E-state index contributed by atoms with van der Waals surface area (Å²) in [6.45, 7) is 8.91. The number of fused-ring (bicyclic) bond motifs is 2. The van der Waals surface area contributed by atoms with Crippen LogP contribution in [0.15, 0.2) is 92.1 Å². The van der Waals surface area contributed by atoms with E-state index in [1.807, 2.05) is 38.3 Å². The van der Waals surface area contributed by atoms with E-state index in [0.29, 0.717) is 74.8 Å². The Morgan fingerprint density at radius 1 is 0.857 bits per heavy atom.